The molecular formula is C16H30O6. The molecule has 0 spiro atoms. The molecule has 0 aromatic heterocycles. The Morgan fingerprint density at radius 3 is 1.27 bits per heavy atom. The smallest absolute Gasteiger partial charge is 0.311 e. The maximum absolute atomic E-state index is 11.5. The summed E-state index contributed by atoms with van der Waals surface area (Å²) < 4.78 is 9.97. The van der Waals surface area contributed by atoms with E-state index in [0.717, 1.165) is 0 Å². The fourth-order valence-corrected chi connectivity index (χ4v) is 1.33. The Kier molecular flexibility index (Phi) is 8.04. The highest BCUT2D eigenvalue weighted by Crippen LogP contribution is 2.17. The minimum Gasteiger partial charge on any atom is -0.463 e. The Balaban J connectivity index is 3.93. The van der Waals surface area contributed by atoms with E-state index in [9.17, 15) is 19.8 Å². The van der Waals surface area contributed by atoms with E-state index in [1.807, 2.05) is 0 Å². The molecule has 0 saturated carbocycles. The molecule has 0 bridgehead atoms. The lowest BCUT2D eigenvalue weighted by Crippen LogP contribution is -2.29. The van der Waals surface area contributed by atoms with Gasteiger partial charge in [-0.1, -0.05) is 0 Å². The molecule has 0 aliphatic heterocycles. The quantitative estimate of drug-likeness (QED) is 0.694. The molecule has 2 N–H and O–H groups in total. The molecule has 0 aromatic rings. The van der Waals surface area contributed by atoms with Gasteiger partial charge in [-0.05, 0) is 54.4 Å². The largest absolute Gasteiger partial charge is 0.463 e. The van der Waals surface area contributed by atoms with Crippen LogP contribution in [0.15, 0.2) is 0 Å². The first kappa shape index (κ1) is 20.9. The standard InChI is InChI=1S/C16H30O6/c1-15(2,3)13(19)21-9-11(17)7-8-12(18)10-22-14(20)16(4,5)6/h11-12,17-18H,7-10H2,1-6H3/t11-,12-/m0/s1. The summed E-state index contributed by atoms with van der Waals surface area (Å²) in [7, 11) is 0. The summed E-state index contributed by atoms with van der Waals surface area (Å²) in [5.74, 6) is -0.766. The second-order valence-corrected chi connectivity index (χ2v) is 7.58. The summed E-state index contributed by atoms with van der Waals surface area (Å²) in [5, 5.41) is 19.4. The number of hydrogen-bond acceptors (Lipinski definition) is 6. The third-order valence-corrected chi connectivity index (χ3v) is 2.87. The number of aliphatic hydroxyl groups is 2. The summed E-state index contributed by atoms with van der Waals surface area (Å²) in [6, 6.07) is 0. The van der Waals surface area contributed by atoms with Crippen molar-refractivity contribution in [1.82, 2.24) is 0 Å². The first-order chi connectivity index (χ1) is 9.84. The predicted octanol–water partition coefficient (Wildman–Crippen LogP) is 1.67. The Labute approximate surface area is 132 Å². The molecule has 0 rings (SSSR count). The van der Waals surface area contributed by atoms with E-state index in [0.29, 0.717) is 0 Å². The summed E-state index contributed by atoms with van der Waals surface area (Å²) in [4.78, 5) is 23.1. The Bertz CT molecular complexity index is 328. The van der Waals surface area contributed by atoms with Crippen molar-refractivity contribution < 1.29 is 29.3 Å². The Hall–Kier alpha value is -1.14. The minimum absolute atomic E-state index is 0.107. The van der Waals surface area contributed by atoms with Gasteiger partial charge in [0.1, 0.15) is 13.2 Å². The fraction of sp³-hybridized carbons (Fsp3) is 0.875. The van der Waals surface area contributed by atoms with Crippen LogP contribution in [0.2, 0.25) is 0 Å². The molecule has 0 heterocycles. The highest BCUT2D eigenvalue weighted by molar-refractivity contribution is 5.75. The van der Waals surface area contributed by atoms with Crippen LogP contribution in [0.3, 0.4) is 0 Å². The molecule has 0 aliphatic carbocycles. The van der Waals surface area contributed by atoms with E-state index >= 15 is 0 Å². The van der Waals surface area contributed by atoms with Gasteiger partial charge in [0.05, 0.1) is 23.0 Å². The van der Waals surface area contributed by atoms with Gasteiger partial charge in [-0.2, -0.15) is 0 Å². The van der Waals surface area contributed by atoms with E-state index in [1.165, 1.54) is 0 Å². The zero-order chi connectivity index (χ0) is 17.6. The summed E-state index contributed by atoms with van der Waals surface area (Å²) >= 11 is 0. The van der Waals surface area contributed by atoms with Gasteiger partial charge in [-0.25, -0.2) is 0 Å². The van der Waals surface area contributed by atoms with Crippen molar-refractivity contribution in [2.24, 2.45) is 10.8 Å². The van der Waals surface area contributed by atoms with Crippen molar-refractivity contribution in [2.45, 2.75) is 66.6 Å². The summed E-state index contributed by atoms with van der Waals surface area (Å²) in [6.45, 7) is 10.2. The monoisotopic (exact) mass is 318 g/mol. The highest BCUT2D eigenvalue weighted by atomic mass is 16.5. The molecule has 0 radical (unpaired) electrons. The van der Waals surface area contributed by atoms with Crippen molar-refractivity contribution in [1.29, 1.82) is 0 Å². The van der Waals surface area contributed by atoms with E-state index in [-0.39, 0.29) is 38.0 Å². The van der Waals surface area contributed by atoms with Gasteiger partial charge in [0, 0.05) is 0 Å². The molecule has 6 heteroatoms. The summed E-state index contributed by atoms with van der Waals surface area (Å²) in [6.07, 6.45) is -1.18. The summed E-state index contributed by atoms with van der Waals surface area (Å²) in [5.41, 5.74) is -1.22. The first-order valence-electron chi connectivity index (χ1n) is 7.54. The highest BCUT2D eigenvalue weighted by Gasteiger charge is 2.25. The molecule has 22 heavy (non-hydrogen) atoms. The van der Waals surface area contributed by atoms with Crippen LogP contribution in [0.4, 0.5) is 0 Å². The molecule has 130 valence electrons. The molecular weight excluding hydrogens is 288 g/mol. The zero-order valence-electron chi connectivity index (χ0n) is 14.5. The number of hydrogen-bond donors (Lipinski definition) is 2. The number of ether oxygens (including phenoxy) is 2. The van der Waals surface area contributed by atoms with Crippen molar-refractivity contribution in [3.63, 3.8) is 0 Å². The lowest BCUT2D eigenvalue weighted by molar-refractivity contribution is -0.157. The normalized spacial score (nSPS) is 15.1. The van der Waals surface area contributed by atoms with Crippen LogP contribution in [0.5, 0.6) is 0 Å². The topological polar surface area (TPSA) is 93.1 Å². The number of aliphatic hydroxyl groups excluding tert-OH is 2. The Morgan fingerprint density at radius 2 is 1.05 bits per heavy atom. The maximum Gasteiger partial charge on any atom is 0.311 e. The molecule has 0 saturated heterocycles. The second kappa shape index (κ2) is 8.48. The molecule has 0 fully saturated rings. The third kappa shape index (κ3) is 9.00. The van der Waals surface area contributed by atoms with Gasteiger partial charge in [0.15, 0.2) is 0 Å². The fourth-order valence-electron chi connectivity index (χ4n) is 1.33. The number of carbonyl (C=O) groups excluding carboxylic acids is 2. The predicted molar refractivity (Wildman–Crippen MR) is 82.1 cm³/mol. The molecule has 0 unspecified atom stereocenters. The van der Waals surface area contributed by atoms with Crippen molar-refractivity contribution in [3.8, 4) is 0 Å². The molecule has 0 amide bonds. The number of esters is 2. The van der Waals surface area contributed by atoms with E-state index in [2.05, 4.69) is 0 Å². The van der Waals surface area contributed by atoms with Gasteiger partial charge in [0.2, 0.25) is 0 Å². The van der Waals surface area contributed by atoms with Crippen molar-refractivity contribution >= 4 is 11.9 Å². The SMILES string of the molecule is CC(C)(C)C(=O)OC[C@@H](O)CC[C@H](O)COC(=O)C(C)(C)C. The molecule has 2 atom stereocenters. The number of rotatable bonds is 7. The molecule has 0 aliphatic rings. The molecule has 6 nitrogen and oxygen atoms in total. The van der Waals surface area contributed by atoms with Gasteiger partial charge in [-0.3, -0.25) is 9.59 Å². The van der Waals surface area contributed by atoms with Crippen LogP contribution in [0.25, 0.3) is 0 Å². The minimum atomic E-state index is -0.848. The Morgan fingerprint density at radius 1 is 0.773 bits per heavy atom. The molecule has 0 aromatic carbocycles. The number of carbonyl (C=O) groups is 2. The van der Waals surface area contributed by atoms with Crippen LogP contribution in [0.1, 0.15) is 54.4 Å². The average Bonchev–Trinajstić information content (AvgIpc) is 2.37. The van der Waals surface area contributed by atoms with Crippen LogP contribution in [0, 0.1) is 10.8 Å². The van der Waals surface area contributed by atoms with Gasteiger partial charge < -0.3 is 19.7 Å². The van der Waals surface area contributed by atoms with Gasteiger partial charge in [-0.15, -0.1) is 0 Å². The van der Waals surface area contributed by atoms with Crippen LogP contribution in [-0.2, 0) is 19.1 Å². The third-order valence-electron chi connectivity index (χ3n) is 2.87. The second-order valence-electron chi connectivity index (χ2n) is 7.58. The zero-order valence-corrected chi connectivity index (χ0v) is 14.5. The maximum atomic E-state index is 11.5. The van der Waals surface area contributed by atoms with E-state index < -0.39 is 23.0 Å². The lowest BCUT2D eigenvalue weighted by Gasteiger charge is -2.20. The van der Waals surface area contributed by atoms with Crippen LogP contribution >= 0.6 is 0 Å². The van der Waals surface area contributed by atoms with Gasteiger partial charge >= 0.3 is 11.9 Å². The van der Waals surface area contributed by atoms with Crippen molar-refractivity contribution in [3.05, 3.63) is 0 Å². The first-order valence-corrected chi connectivity index (χ1v) is 7.54. The van der Waals surface area contributed by atoms with E-state index in [4.69, 9.17) is 9.47 Å². The van der Waals surface area contributed by atoms with Gasteiger partial charge in [0.25, 0.3) is 0 Å². The average molecular weight is 318 g/mol. The lowest BCUT2D eigenvalue weighted by atomic mass is 9.97. The van der Waals surface area contributed by atoms with Crippen molar-refractivity contribution in [2.75, 3.05) is 13.2 Å². The van der Waals surface area contributed by atoms with E-state index in [1.54, 1.807) is 41.5 Å². The van der Waals surface area contributed by atoms with Crippen LogP contribution in [-0.4, -0.2) is 47.6 Å². The van der Waals surface area contributed by atoms with Crippen LogP contribution < -0.4 is 0 Å².